The van der Waals surface area contributed by atoms with Gasteiger partial charge in [0.05, 0.1) is 17.5 Å². The number of hydrogen-bond donors (Lipinski definition) is 2. The number of aliphatic hydroxyl groups is 1. The molecule has 1 aliphatic carbocycles. The number of carbonyl (C=O) groups is 1. The number of rotatable bonds is 8. The Balaban J connectivity index is 1.97. The van der Waals surface area contributed by atoms with E-state index in [1.807, 2.05) is 37.3 Å². The minimum Gasteiger partial charge on any atom is -0.423 e. The van der Waals surface area contributed by atoms with Gasteiger partial charge in [-0.2, -0.15) is 0 Å². The Hall–Kier alpha value is -2.86. The Morgan fingerprint density at radius 2 is 1.80 bits per heavy atom. The SMILES string of the molecule is CCC(C(=O)Oc1c(C2CC2)nc(-c2ccccc2)c(C)c1-c1ccc(F)cc1)(C(C)O)[PH](=O)O. The van der Waals surface area contributed by atoms with Crippen molar-refractivity contribution in [2.24, 2.45) is 0 Å². The second-order valence-electron chi connectivity index (χ2n) is 9.02. The van der Waals surface area contributed by atoms with E-state index in [4.69, 9.17) is 9.72 Å². The van der Waals surface area contributed by atoms with Crippen LogP contribution in [0.1, 0.15) is 50.3 Å². The van der Waals surface area contributed by atoms with Gasteiger partial charge in [0.2, 0.25) is 8.03 Å². The van der Waals surface area contributed by atoms with Crippen molar-refractivity contribution in [2.75, 3.05) is 0 Å². The van der Waals surface area contributed by atoms with Gasteiger partial charge in [-0.1, -0.05) is 49.4 Å². The highest BCUT2D eigenvalue weighted by atomic mass is 31.1. The number of esters is 1. The number of benzene rings is 2. The van der Waals surface area contributed by atoms with Crippen LogP contribution >= 0.6 is 8.03 Å². The fraction of sp³-hybridized carbons (Fsp3) is 0.333. The molecular formula is C27H29FNO5P. The molecule has 0 amide bonds. The molecule has 2 N–H and O–H groups in total. The van der Waals surface area contributed by atoms with Crippen molar-refractivity contribution in [2.45, 2.75) is 57.2 Å². The normalized spacial score (nSPS) is 16.9. The van der Waals surface area contributed by atoms with Crippen LogP contribution in [0.4, 0.5) is 4.39 Å². The van der Waals surface area contributed by atoms with Crippen molar-refractivity contribution in [3.8, 4) is 28.1 Å². The van der Waals surface area contributed by atoms with Crippen molar-refractivity contribution in [1.82, 2.24) is 4.98 Å². The number of pyridine rings is 1. The molecule has 0 radical (unpaired) electrons. The first-order chi connectivity index (χ1) is 16.7. The molecule has 1 aliphatic rings. The van der Waals surface area contributed by atoms with Crippen LogP contribution in [0, 0.1) is 12.7 Å². The summed E-state index contributed by atoms with van der Waals surface area (Å²) >= 11 is 0. The van der Waals surface area contributed by atoms with E-state index < -0.39 is 31.1 Å². The first-order valence-corrected chi connectivity index (χ1v) is 13.1. The van der Waals surface area contributed by atoms with Gasteiger partial charge < -0.3 is 14.7 Å². The van der Waals surface area contributed by atoms with Gasteiger partial charge in [-0.15, -0.1) is 0 Å². The highest BCUT2D eigenvalue weighted by molar-refractivity contribution is 7.41. The van der Waals surface area contributed by atoms with Gasteiger partial charge in [-0.05, 0) is 56.4 Å². The van der Waals surface area contributed by atoms with Crippen LogP contribution in [0.2, 0.25) is 0 Å². The van der Waals surface area contributed by atoms with E-state index in [1.165, 1.54) is 19.1 Å². The molecule has 8 heteroatoms. The minimum atomic E-state index is -3.51. The van der Waals surface area contributed by atoms with Gasteiger partial charge in [0.1, 0.15) is 5.82 Å². The lowest BCUT2D eigenvalue weighted by molar-refractivity contribution is -0.140. The van der Waals surface area contributed by atoms with E-state index in [2.05, 4.69) is 0 Å². The Kier molecular flexibility index (Phi) is 7.22. The molecule has 3 aromatic rings. The lowest BCUT2D eigenvalue weighted by Gasteiger charge is -2.31. The number of carbonyl (C=O) groups excluding carboxylic acids is 1. The number of ether oxygens (including phenoxy) is 1. The molecule has 2 aromatic carbocycles. The van der Waals surface area contributed by atoms with Crippen molar-refractivity contribution >= 4 is 14.0 Å². The molecule has 0 aliphatic heterocycles. The fourth-order valence-corrected chi connectivity index (χ4v) is 5.35. The summed E-state index contributed by atoms with van der Waals surface area (Å²) in [6.45, 7) is 4.74. The number of nitrogens with zero attached hydrogens (tertiary/aromatic N) is 1. The molecular weight excluding hydrogens is 468 g/mol. The minimum absolute atomic E-state index is 0.0637. The zero-order valence-electron chi connectivity index (χ0n) is 19.9. The molecule has 1 heterocycles. The maximum atomic E-state index is 13.8. The van der Waals surface area contributed by atoms with E-state index in [9.17, 15) is 23.7 Å². The largest absolute Gasteiger partial charge is 0.423 e. The van der Waals surface area contributed by atoms with Crippen LogP contribution in [0.3, 0.4) is 0 Å². The molecule has 4 rings (SSSR count). The van der Waals surface area contributed by atoms with Gasteiger partial charge in [0, 0.05) is 17.0 Å². The molecule has 1 aromatic heterocycles. The highest BCUT2D eigenvalue weighted by Crippen LogP contribution is 2.51. The van der Waals surface area contributed by atoms with Gasteiger partial charge >= 0.3 is 5.97 Å². The molecule has 1 saturated carbocycles. The Morgan fingerprint density at radius 3 is 2.31 bits per heavy atom. The van der Waals surface area contributed by atoms with Gasteiger partial charge in [-0.3, -0.25) is 9.36 Å². The highest BCUT2D eigenvalue weighted by Gasteiger charge is 2.49. The van der Waals surface area contributed by atoms with Crippen molar-refractivity contribution in [1.29, 1.82) is 0 Å². The number of hydrogen-bond acceptors (Lipinski definition) is 5. The third-order valence-electron chi connectivity index (χ3n) is 6.78. The molecule has 6 nitrogen and oxygen atoms in total. The first kappa shape index (κ1) is 25.2. The summed E-state index contributed by atoms with van der Waals surface area (Å²) in [5, 5.41) is 8.40. The smallest absolute Gasteiger partial charge is 0.329 e. The van der Waals surface area contributed by atoms with Gasteiger partial charge in [0.15, 0.2) is 10.9 Å². The predicted octanol–water partition coefficient (Wildman–Crippen LogP) is 5.64. The first-order valence-electron chi connectivity index (χ1n) is 11.7. The molecule has 184 valence electrons. The zero-order valence-corrected chi connectivity index (χ0v) is 20.9. The number of aromatic nitrogens is 1. The zero-order chi connectivity index (χ0) is 25.3. The number of halogens is 1. The quantitative estimate of drug-likeness (QED) is 0.309. The second-order valence-corrected chi connectivity index (χ2v) is 10.5. The van der Waals surface area contributed by atoms with E-state index in [0.717, 1.165) is 29.7 Å². The van der Waals surface area contributed by atoms with Crippen LogP contribution in [0.5, 0.6) is 5.75 Å². The molecule has 0 bridgehead atoms. The van der Waals surface area contributed by atoms with Crippen molar-refractivity contribution < 1.29 is 28.5 Å². The maximum Gasteiger partial charge on any atom is 0.329 e. The molecule has 0 saturated heterocycles. The lowest BCUT2D eigenvalue weighted by atomic mass is 9.93. The van der Waals surface area contributed by atoms with Crippen LogP contribution < -0.4 is 4.74 Å². The van der Waals surface area contributed by atoms with E-state index in [1.54, 1.807) is 19.1 Å². The summed E-state index contributed by atoms with van der Waals surface area (Å²) < 4.78 is 32.0. The Bertz CT molecular complexity index is 1260. The summed E-state index contributed by atoms with van der Waals surface area (Å²) in [5.74, 6) is -1.11. The van der Waals surface area contributed by atoms with Crippen LogP contribution in [0.15, 0.2) is 54.6 Å². The molecule has 1 fully saturated rings. The maximum absolute atomic E-state index is 13.8. The van der Waals surface area contributed by atoms with Crippen molar-refractivity contribution in [3.63, 3.8) is 0 Å². The fourth-order valence-electron chi connectivity index (χ4n) is 4.46. The topological polar surface area (TPSA) is 96.7 Å². The predicted molar refractivity (Wildman–Crippen MR) is 133 cm³/mol. The Labute approximate surface area is 204 Å². The molecule has 3 atom stereocenters. The lowest BCUT2D eigenvalue weighted by Crippen LogP contribution is -2.47. The number of aliphatic hydroxyl groups excluding tert-OH is 1. The third-order valence-corrected chi connectivity index (χ3v) is 8.52. The van der Waals surface area contributed by atoms with Crippen LogP contribution in [0.25, 0.3) is 22.4 Å². The third kappa shape index (κ3) is 4.68. The summed E-state index contributed by atoms with van der Waals surface area (Å²) in [6.07, 6.45) is 0.261. The van der Waals surface area contributed by atoms with Gasteiger partial charge in [-0.25, -0.2) is 9.37 Å². The average molecular weight is 498 g/mol. The molecule has 0 spiro atoms. The van der Waals surface area contributed by atoms with E-state index >= 15 is 0 Å². The Morgan fingerprint density at radius 1 is 1.17 bits per heavy atom. The van der Waals surface area contributed by atoms with Crippen molar-refractivity contribution in [3.05, 3.63) is 71.7 Å². The summed E-state index contributed by atoms with van der Waals surface area (Å²) in [4.78, 5) is 28.4. The van der Waals surface area contributed by atoms with Gasteiger partial charge in [0.25, 0.3) is 0 Å². The second kappa shape index (κ2) is 10.0. The van der Waals surface area contributed by atoms with E-state index in [0.29, 0.717) is 16.8 Å². The molecule has 3 unspecified atom stereocenters. The molecule has 35 heavy (non-hydrogen) atoms. The summed E-state index contributed by atoms with van der Waals surface area (Å²) in [6, 6.07) is 15.5. The van der Waals surface area contributed by atoms with Crippen LogP contribution in [-0.2, 0) is 9.36 Å². The summed E-state index contributed by atoms with van der Waals surface area (Å²) in [5.41, 5.74) is 4.12. The average Bonchev–Trinajstić information content (AvgIpc) is 3.66. The van der Waals surface area contributed by atoms with Crippen LogP contribution in [-0.4, -0.2) is 32.2 Å². The van der Waals surface area contributed by atoms with E-state index in [-0.39, 0.29) is 18.1 Å². The summed E-state index contributed by atoms with van der Waals surface area (Å²) in [7, 11) is -3.51. The monoisotopic (exact) mass is 497 g/mol. The standard InChI is InChI=1S/C27H29FNO5P/c1-4-27(17(3)30,35(32)33)26(31)34-25-22(18-12-14-21(28)15-13-18)16(2)23(19-8-6-5-7-9-19)29-24(25)20-10-11-20/h5-9,12-15,17,20,30,35H,4,10-11H2,1-3H3,(H,32,33).